The van der Waals surface area contributed by atoms with Crippen LogP contribution in [0.5, 0.6) is 0 Å². The third kappa shape index (κ3) is 4.43. The van der Waals surface area contributed by atoms with Crippen molar-refractivity contribution in [3.8, 4) is 0 Å². The summed E-state index contributed by atoms with van der Waals surface area (Å²) in [7, 11) is 0. The van der Waals surface area contributed by atoms with E-state index < -0.39 is 0 Å². The number of nitrogens with one attached hydrogen (secondary N) is 2. The molecule has 0 atom stereocenters. The summed E-state index contributed by atoms with van der Waals surface area (Å²) in [6.45, 7) is 6.76. The standard InChI is InChI=1S/C16H23N3OS/c1-3-17-16(21)18-14-6-4-13(5-7-14)15(20)19-10-8-12(2)9-11-19/h4-7,12H,3,8-11H2,1-2H3,(H2,17,18,21). The lowest BCUT2D eigenvalue weighted by molar-refractivity contribution is 0.0697. The van der Waals surface area contributed by atoms with E-state index in [2.05, 4.69) is 17.6 Å². The van der Waals surface area contributed by atoms with Crippen molar-refractivity contribution in [1.29, 1.82) is 0 Å². The van der Waals surface area contributed by atoms with Crippen LogP contribution >= 0.6 is 12.2 Å². The maximum Gasteiger partial charge on any atom is 0.253 e. The summed E-state index contributed by atoms with van der Waals surface area (Å²) >= 11 is 5.14. The van der Waals surface area contributed by atoms with Crippen LogP contribution in [0.3, 0.4) is 0 Å². The molecular weight excluding hydrogens is 282 g/mol. The molecular formula is C16H23N3OS. The molecule has 1 aromatic rings. The smallest absolute Gasteiger partial charge is 0.253 e. The third-order valence-corrected chi connectivity index (χ3v) is 4.04. The zero-order valence-corrected chi connectivity index (χ0v) is 13.5. The summed E-state index contributed by atoms with van der Waals surface area (Å²) in [5, 5.41) is 6.72. The van der Waals surface area contributed by atoms with Crippen molar-refractivity contribution in [3.63, 3.8) is 0 Å². The van der Waals surface area contributed by atoms with E-state index in [1.54, 1.807) is 0 Å². The molecule has 0 bridgehead atoms. The topological polar surface area (TPSA) is 44.4 Å². The molecule has 0 saturated carbocycles. The van der Waals surface area contributed by atoms with E-state index in [1.165, 1.54) is 0 Å². The number of rotatable bonds is 3. The van der Waals surface area contributed by atoms with Gasteiger partial charge in [-0.25, -0.2) is 0 Å². The first-order chi connectivity index (χ1) is 10.1. The lowest BCUT2D eigenvalue weighted by Gasteiger charge is -2.30. The van der Waals surface area contributed by atoms with Gasteiger partial charge < -0.3 is 15.5 Å². The second-order valence-corrected chi connectivity index (χ2v) is 5.94. The fraction of sp³-hybridized carbons (Fsp3) is 0.500. The Morgan fingerprint density at radius 3 is 2.48 bits per heavy atom. The van der Waals surface area contributed by atoms with E-state index in [-0.39, 0.29) is 5.91 Å². The molecule has 0 radical (unpaired) electrons. The molecule has 1 aliphatic rings. The number of hydrogen-bond acceptors (Lipinski definition) is 2. The molecule has 2 rings (SSSR count). The minimum absolute atomic E-state index is 0.128. The Morgan fingerprint density at radius 1 is 1.29 bits per heavy atom. The van der Waals surface area contributed by atoms with E-state index in [4.69, 9.17) is 12.2 Å². The van der Waals surface area contributed by atoms with Crippen LogP contribution in [0.25, 0.3) is 0 Å². The van der Waals surface area contributed by atoms with Gasteiger partial charge in [0.05, 0.1) is 0 Å². The second-order valence-electron chi connectivity index (χ2n) is 5.54. The first kappa shape index (κ1) is 15.8. The van der Waals surface area contributed by atoms with E-state index >= 15 is 0 Å². The van der Waals surface area contributed by atoms with Crippen molar-refractivity contribution in [2.45, 2.75) is 26.7 Å². The molecule has 4 nitrogen and oxygen atoms in total. The van der Waals surface area contributed by atoms with Crippen molar-refractivity contribution in [3.05, 3.63) is 29.8 Å². The summed E-state index contributed by atoms with van der Waals surface area (Å²) in [5.74, 6) is 0.857. The summed E-state index contributed by atoms with van der Waals surface area (Å²) in [4.78, 5) is 14.4. The summed E-state index contributed by atoms with van der Waals surface area (Å²) in [6, 6.07) is 7.50. The number of nitrogens with zero attached hydrogens (tertiary/aromatic N) is 1. The highest BCUT2D eigenvalue weighted by Crippen LogP contribution is 2.19. The zero-order chi connectivity index (χ0) is 15.2. The number of amides is 1. The lowest BCUT2D eigenvalue weighted by atomic mass is 9.98. The number of benzene rings is 1. The predicted molar refractivity (Wildman–Crippen MR) is 90.6 cm³/mol. The van der Waals surface area contributed by atoms with Crippen molar-refractivity contribution < 1.29 is 4.79 Å². The van der Waals surface area contributed by atoms with Gasteiger partial charge in [-0.05, 0) is 62.2 Å². The van der Waals surface area contributed by atoms with Gasteiger partial charge in [0.15, 0.2) is 5.11 Å². The molecule has 0 unspecified atom stereocenters. The normalized spacial score (nSPS) is 15.6. The monoisotopic (exact) mass is 305 g/mol. The van der Waals surface area contributed by atoms with E-state index in [0.29, 0.717) is 5.11 Å². The van der Waals surface area contributed by atoms with Gasteiger partial charge in [-0.1, -0.05) is 6.92 Å². The minimum atomic E-state index is 0.128. The molecule has 2 N–H and O–H groups in total. The third-order valence-electron chi connectivity index (χ3n) is 3.80. The van der Waals surface area contributed by atoms with Crippen molar-refractivity contribution in [2.24, 2.45) is 5.92 Å². The first-order valence-electron chi connectivity index (χ1n) is 7.54. The van der Waals surface area contributed by atoms with Gasteiger partial charge in [0.25, 0.3) is 5.91 Å². The van der Waals surface area contributed by atoms with E-state index in [1.807, 2.05) is 36.1 Å². The van der Waals surface area contributed by atoms with Crippen LogP contribution in [-0.2, 0) is 0 Å². The predicted octanol–water partition coefficient (Wildman–Crippen LogP) is 2.87. The maximum absolute atomic E-state index is 12.4. The fourth-order valence-electron chi connectivity index (χ4n) is 2.43. The Balaban J connectivity index is 1.95. The number of carbonyl (C=O) groups excluding carboxylic acids is 1. The highest BCUT2D eigenvalue weighted by atomic mass is 32.1. The van der Waals surface area contributed by atoms with Gasteiger partial charge in [0, 0.05) is 30.9 Å². The molecule has 1 saturated heterocycles. The number of hydrogen-bond donors (Lipinski definition) is 2. The van der Waals surface area contributed by atoms with Crippen LogP contribution in [-0.4, -0.2) is 35.6 Å². The molecule has 1 fully saturated rings. The van der Waals surface area contributed by atoms with Gasteiger partial charge in [-0.3, -0.25) is 4.79 Å². The van der Waals surface area contributed by atoms with Gasteiger partial charge in [0.2, 0.25) is 0 Å². The summed E-state index contributed by atoms with van der Waals surface area (Å²) in [6.07, 6.45) is 2.20. The zero-order valence-electron chi connectivity index (χ0n) is 12.7. The number of likely N-dealkylation sites (tertiary alicyclic amines) is 1. The Labute approximate surface area is 131 Å². The van der Waals surface area contributed by atoms with Gasteiger partial charge in [-0.2, -0.15) is 0 Å². The quantitative estimate of drug-likeness (QED) is 0.843. The molecule has 5 heteroatoms. The van der Waals surface area contributed by atoms with Gasteiger partial charge in [0.1, 0.15) is 0 Å². The van der Waals surface area contributed by atoms with Crippen LogP contribution in [0.4, 0.5) is 5.69 Å². The van der Waals surface area contributed by atoms with Crippen LogP contribution in [0.15, 0.2) is 24.3 Å². The fourth-order valence-corrected chi connectivity index (χ4v) is 2.69. The molecule has 1 aliphatic heterocycles. The largest absolute Gasteiger partial charge is 0.363 e. The summed E-state index contributed by atoms with van der Waals surface area (Å²) < 4.78 is 0. The molecule has 1 amide bonds. The minimum Gasteiger partial charge on any atom is -0.363 e. The Bertz CT molecular complexity index is 493. The average Bonchev–Trinajstić information content (AvgIpc) is 2.48. The number of thiocarbonyl (C=S) groups is 1. The Hall–Kier alpha value is -1.62. The molecule has 0 aliphatic carbocycles. The molecule has 21 heavy (non-hydrogen) atoms. The molecule has 114 valence electrons. The highest BCUT2D eigenvalue weighted by Gasteiger charge is 2.21. The maximum atomic E-state index is 12.4. The molecule has 0 spiro atoms. The molecule has 1 heterocycles. The Morgan fingerprint density at radius 2 is 1.90 bits per heavy atom. The highest BCUT2D eigenvalue weighted by molar-refractivity contribution is 7.80. The van der Waals surface area contributed by atoms with Crippen molar-refractivity contribution >= 4 is 28.9 Å². The van der Waals surface area contributed by atoms with Crippen LogP contribution in [0.2, 0.25) is 0 Å². The van der Waals surface area contributed by atoms with Crippen LogP contribution in [0, 0.1) is 5.92 Å². The number of carbonyl (C=O) groups is 1. The molecule has 0 aromatic heterocycles. The number of piperidine rings is 1. The van der Waals surface area contributed by atoms with E-state index in [0.717, 1.165) is 49.6 Å². The van der Waals surface area contributed by atoms with Crippen LogP contribution < -0.4 is 10.6 Å². The summed E-state index contributed by atoms with van der Waals surface area (Å²) in [5.41, 5.74) is 1.63. The molecule has 1 aromatic carbocycles. The SMILES string of the molecule is CCNC(=S)Nc1ccc(C(=O)N2CCC(C)CC2)cc1. The van der Waals surface area contributed by atoms with Gasteiger partial charge in [-0.15, -0.1) is 0 Å². The average molecular weight is 305 g/mol. The van der Waals surface area contributed by atoms with Crippen molar-refractivity contribution in [1.82, 2.24) is 10.2 Å². The van der Waals surface area contributed by atoms with E-state index in [9.17, 15) is 4.79 Å². The van der Waals surface area contributed by atoms with Crippen LogP contribution in [0.1, 0.15) is 37.0 Å². The van der Waals surface area contributed by atoms with Crippen molar-refractivity contribution in [2.75, 3.05) is 25.0 Å². The lowest BCUT2D eigenvalue weighted by Crippen LogP contribution is -2.37. The first-order valence-corrected chi connectivity index (χ1v) is 7.95. The Kier molecular flexibility index (Phi) is 5.56. The second kappa shape index (κ2) is 7.41. The number of anilines is 1. The van der Waals surface area contributed by atoms with Gasteiger partial charge >= 0.3 is 0 Å².